The van der Waals surface area contributed by atoms with Crippen LogP contribution in [0.2, 0.25) is 0 Å². The van der Waals surface area contributed by atoms with Crippen molar-refractivity contribution in [2.75, 3.05) is 20.8 Å². The number of hydrogen-bond donors (Lipinski definition) is 1. The fraction of sp³-hybridized carbons (Fsp3) is 0.484. The minimum absolute atomic E-state index is 0.0739. The molecule has 0 saturated carbocycles. The number of hydrogen-bond acceptors (Lipinski definition) is 7. The van der Waals surface area contributed by atoms with Crippen molar-refractivity contribution in [1.82, 2.24) is 30.1 Å². The summed E-state index contributed by atoms with van der Waals surface area (Å²) >= 11 is 0. The van der Waals surface area contributed by atoms with E-state index in [1.165, 1.54) is 5.56 Å². The summed E-state index contributed by atoms with van der Waals surface area (Å²) in [7, 11) is 3.28. The highest BCUT2D eigenvalue weighted by Crippen LogP contribution is 2.31. The highest BCUT2D eigenvalue weighted by molar-refractivity contribution is 5.80. The number of aromatic amines is 1. The number of aromatic nitrogens is 5. The summed E-state index contributed by atoms with van der Waals surface area (Å²) in [5.41, 5.74) is 4.73. The lowest BCUT2D eigenvalue weighted by molar-refractivity contribution is 0.160. The molecule has 1 atom stereocenters. The summed E-state index contributed by atoms with van der Waals surface area (Å²) in [6.45, 7) is 13.9. The van der Waals surface area contributed by atoms with Gasteiger partial charge in [-0.15, -0.1) is 5.10 Å². The van der Waals surface area contributed by atoms with E-state index >= 15 is 0 Å². The standard InChI is InChI=1S/C31H42N6O3/c1-9-26(29-33-34-35-37(29)31(5,6)10-2)36(14-13-22-11-12-27(39-7)28(17-22)40-8)19-24-18-23-15-20(3)21(4)16-25(23)32-30(24)38/h11-12,15-18,26H,9-10,13-14,19H2,1-8H3,(H,32,38)/t26-/m1/s1. The Labute approximate surface area is 236 Å². The molecule has 40 heavy (non-hydrogen) atoms. The first-order valence-corrected chi connectivity index (χ1v) is 14.0. The number of nitrogens with zero attached hydrogens (tertiary/aromatic N) is 5. The summed E-state index contributed by atoms with van der Waals surface area (Å²) in [5.74, 6) is 2.21. The molecule has 2 aromatic carbocycles. The zero-order chi connectivity index (χ0) is 29.0. The fourth-order valence-corrected chi connectivity index (χ4v) is 5.10. The Hall–Kier alpha value is -3.72. The lowest BCUT2D eigenvalue weighted by Gasteiger charge is -2.33. The van der Waals surface area contributed by atoms with Crippen molar-refractivity contribution in [2.45, 2.75) is 78.9 Å². The topological polar surface area (TPSA) is 98.2 Å². The highest BCUT2D eigenvalue weighted by atomic mass is 16.5. The van der Waals surface area contributed by atoms with Gasteiger partial charge in [-0.2, -0.15) is 0 Å². The van der Waals surface area contributed by atoms with E-state index in [1.807, 2.05) is 28.9 Å². The van der Waals surface area contributed by atoms with Crippen molar-refractivity contribution < 1.29 is 9.47 Å². The second-order valence-corrected chi connectivity index (χ2v) is 11.1. The largest absolute Gasteiger partial charge is 0.493 e. The Balaban J connectivity index is 1.74. The molecule has 4 aromatic rings. The molecular weight excluding hydrogens is 504 g/mol. The average Bonchev–Trinajstić information content (AvgIpc) is 3.44. The van der Waals surface area contributed by atoms with Crippen molar-refractivity contribution >= 4 is 10.9 Å². The number of pyridine rings is 1. The molecule has 4 rings (SSSR count). The quantitative estimate of drug-likeness (QED) is 0.251. The van der Waals surface area contributed by atoms with Crippen molar-refractivity contribution in [3.05, 3.63) is 74.8 Å². The van der Waals surface area contributed by atoms with Gasteiger partial charge in [0.25, 0.3) is 5.56 Å². The van der Waals surface area contributed by atoms with Gasteiger partial charge in [-0.25, -0.2) is 4.68 Å². The first kappa shape index (κ1) is 29.3. The van der Waals surface area contributed by atoms with E-state index in [1.54, 1.807) is 14.2 Å². The van der Waals surface area contributed by atoms with Crippen LogP contribution in [0.25, 0.3) is 10.9 Å². The van der Waals surface area contributed by atoms with E-state index in [2.05, 4.69) is 79.1 Å². The molecule has 0 aliphatic carbocycles. The number of fused-ring (bicyclic) bond motifs is 1. The van der Waals surface area contributed by atoms with Crippen molar-refractivity contribution in [2.24, 2.45) is 0 Å². The van der Waals surface area contributed by atoms with Crippen LogP contribution >= 0.6 is 0 Å². The zero-order valence-corrected chi connectivity index (χ0v) is 25.0. The van der Waals surface area contributed by atoms with E-state index < -0.39 is 0 Å². The minimum Gasteiger partial charge on any atom is -0.493 e. The molecule has 0 fully saturated rings. The number of tetrazole rings is 1. The third-order valence-electron chi connectivity index (χ3n) is 8.10. The molecule has 0 aliphatic rings. The van der Waals surface area contributed by atoms with Crippen LogP contribution in [0.15, 0.2) is 41.2 Å². The molecule has 0 unspecified atom stereocenters. The fourth-order valence-electron chi connectivity index (χ4n) is 5.10. The number of nitrogens with one attached hydrogen (secondary N) is 1. The molecule has 0 radical (unpaired) electrons. The molecule has 0 bridgehead atoms. The molecule has 0 amide bonds. The lowest BCUT2D eigenvalue weighted by atomic mass is 10.0. The monoisotopic (exact) mass is 546 g/mol. The Kier molecular flexibility index (Phi) is 8.93. The number of H-pyrrole nitrogens is 1. The number of benzene rings is 2. The van der Waals surface area contributed by atoms with E-state index in [4.69, 9.17) is 9.47 Å². The lowest BCUT2D eigenvalue weighted by Crippen LogP contribution is -2.37. The maximum atomic E-state index is 13.3. The van der Waals surface area contributed by atoms with Crippen molar-refractivity contribution in [3.63, 3.8) is 0 Å². The number of rotatable bonds is 12. The molecule has 9 nitrogen and oxygen atoms in total. The summed E-state index contributed by atoms with van der Waals surface area (Å²) in [4.78, 5) is 18.7. The van der Waals surface area contributed by atoms with E-state index in [0.717, 1.165) is 52.7 Å². The zero-order valence-electron chi connectivity index (χ0n) is 25.0. The van der Waals surface area contributed by atoms with Gasteiger partial charge in [-0.05, 0) is 110 Å². The molecular formula is C31H42N6O3. The Morgan fingerprint density at radius 1 is 1.02 bits per heavy atom. The van der Waals surface area contributed by atoms with Gasteiger partial charge in [0.05, 0.1) is 25.8 Å². The van der Waals surface area contributed by atoms with Crippen molar-refractivity contribution in [3.8, 4) is 11.5 Å². The maximum absolute atomic E-state index is 13.3. The van der Waals surface area contributed by atoms with Gasteiger partial charge in [0.15, 0.2) is 17.3 Å². The Morgan fingerprint density at radius 2 is 1.75 bits per heavy atom. The summed E-state index contributed by atoms with van der Waals surface area (Å²) in [6, 6.07) is 12.1. The molecule has 0 aliphatic heterocycles. The van der Waals surface area contributed by atoms with Crippen LogP contribution < -0.4 is 15.0 Å². The first-order chi connectivity index (χ1) is 19.1. The van der Waals surface area contributed by atoms with E-state index in [-0.39, 0.29) is 17.1 Å². The summed E-state index contributed by atoms with van der Waals surface area (Å²) < 4.78 is 12.9. The molecule has 9 heteroatoms. The molecule has 0 spiro atoms. The normalized spacial score (nSPS) is 12.7. The first-order valence-electron chi connectivity index (χ1n) is 14.0. The summed E-state index contributed by atoms with van der Waals surface area (Å²) in [6.07, 6.45) is 2.42. The third-order valence-corrected chi connectivity index (χ3v) is 8.10. The summed E-state index contributed by atoms with van der Waals surface area (Å²) in [5, 5.41) is 14.0. The van der Waals surface area contributed by atoms with Crippen LogP contribution in [0.5, 0.6) is 11.5 Å². The smallest absolute Gasteiger partial charge is 0.252 e. The molecule has 2 heterocycles. The van der Waals surface area contributed by atoms with Crippen LogP contribution in [-0.2, 0) is 18.5 Å². The Morgan fingerprint density at radius 3 is 2.42 bits per heavy atom. The van der Waals surface area contributed by atoms with Gasteiger partial charge >= 0.3 is 0 Å². The van der Waals surface area contributed by atoms with Crippen molar-refractivity contribution in [1.29, 1.82) is 0 Å². The second kappa shape index (κ2) is 12.2. The second-order valence-electron chi connectivity index (χ2n) is 11.1. The number of ether oxygens (including phenoxy) is 2. The van der Waals surface area contributed by atoms with E-state index in [0.29, 0.717) is 24.6 Å². The highest BCUT2D eigenvalue weighted by Gasteiger charge is 2.31. The van der Waals surface area contributed by atoms with E-state index in [9.17, 15) is 4.79 Å². The van der Waals surface area contributed by atoms with Gasteiger partial charge in [-0.1, -0.05) is 19.9 Å². The van der Waals surface area contributed by atoms with Crippen LogP contribution in [0.4, 0.5) is 0 Å². The Bertz CT molecular complexity index is 1520. The average molecular weight is 547 g/mol. The van der Waals surface area contributed by atoms with Crippen LogP contribution in [0.1, 0.15) is 74.7 Å². The number of methoxy groups -OCH3 is 2. The van der Waals surface area contributed by atoms with Gasteiger partial charge < -0.3 is 14.5 Å². The molecule has 1 N–H and O–H groups in total. The van der Waals surface area contributed by atoms with Crippen LogP contribution in [0.3, 0.4) is 0 Å². The van der Waals surface area contributed by atoms with Crippen LogP contribution in [-0.4, -0.2) is 50.9 Å². The van der Waals surface area contributed by atoms with Gasteiger partial charge in [0, 0.05) is 24.2 Å². The van der Waals surface area contributed by atoms with Crippen LogP contribution in [0, 0.1) is 13.8 Å². The molecule has 2 aromatic heterocycles. The third kappa shape index (κ3) is 6.04. The van der Waals surface area contributed by atoms with Gasteiger partial charge in [-0.3, -0.25) is 9.69 Å². The maximum Gasteiger partial charge on any atom is 0.252 e. The minimum atomic E-state index is -0.239. The van der Waals surface area contributed by atoms with Gasteiger partial charge in [0.2, 0.25) is 0 Å². The molecule has 0 saturated heterocycles. The predicted molar refractivity (Wildman–Crippen MR) is 158 cm³/mol. The molecule has 214 valence electrons. The SMILES string of the molecule is CC[C@H](c1nnnn1C(C)(C)CC)N(CCc1ccc(OC)c(OC)c1)Cc1cc2cc(C)c(C)cc2[nH]c1=O. The predicted octanol–water partition coefficient (Wildman–Crippen LogP) is 5.49. The van der Waals surface area contributed by atoms with Gasteiger partial charge in [0.1, 0.15) is 0 Å². The number of aryl methyl sites for hydroxylation is 2.